The fourth-order valence-corrected chi connectivity index (χ4v) is 11.5. The van der Waals surface area contributed by atoms with Crippen molar-refractivity contribution in [2.45, 2.75) is 366 Å². The third-order valence-electron chi connectivity index (χ3n) is 16.3. The van der Waals surface area contributed by atoms with Crippen LogP contribution >= 0.6 is 7.82 Å². The van der Waals surface area contributed by atoms with Crippen LogP contribution in [0.5, 0.6) is 0 Å². The van der Waals surface area contributed by atoms with Gasteiger partial charge in [-0.05, 0) is 64.2 Å². The predicted octanol–water partition coefficient (Wildman–Crippen LogP) is 22.0. The van der Waals surface area contributed by atoms with Gasteiger partial charge in [0.25, 0.3) is 7.82 Å². The van der Waals surface area contributed by atoms with Crippen molar-refractivity contribution in [2.24, 2.45) is 0 Å². The van der Waals surface area contributed by atoms with Gasteiger partial charge in [-0.3, -0.25) is 9.36 Å². The fraction of sp³-hybridized carbons (Fsp3) is 0.875. The summed E-state index contributed by atoms with van der Waals surface area (Å²) in [6.07, 6.45) is 85.3. The summed E-state index contributed by atoms with van der Waals surface area (Å²) in [6, 6.07) is -0.903. The molecule has 1 amide bonds. The van der Waals surface area contributed by atoms with Crippen molar-refractivity contribution in [3.8, 4) is 0 Å². The summed E-state index contributed by atoms with van der Waals surface area (Å²) < 4.78 is 23.4. The summed E-state index contributed by atoms with van der Waals surface area (Å²) in [4.78, 5) is 25.6. The Kier molecular flexibility index (Phi) is 61.8. The number of phosphoric acid groups is 1. The zero-order chi connectivity index (χ0) is 59.1. The van der Waals surface area contributed by atoms with Crippen molar-refractivity contribution >= 4 is 13.7 Å². The first kappa shape index (κ1) is 79.5. The van der Waals surface area contributed by atoms with Crippen molar-refractivity contribution in [1.82, 2.24) is 5.32 Å². The highest BCUT2D eigenvalue weighted by atomic mass is 31.2. The number of nitrogens with one attached hydrogen (secondary N) is 1. The molecule has 0 heterocycles. The van der Waals surface area contributed by atoms with E-state index in [1.165, 1.54) is 289 Å². The van der Waals surface area contributed by atoms with Gasteiger partial charge in [-0.2, -0.15) is 0 Å². The van der Waals surface area contributed by atoms with Crippen molar-refractivity contribution in [1.29, 1.82) is 0 Å². The molecule has 478 valence electrons. The van der Waals surface area contributed by atoms with Gasteiger partial charge in [0.15, 0.2) is 0 Å². The van der Waals surface area contributed by atoms with Gasteiger partial charge in [-0.15, -0.1) is 0 Å². The van der Waals surface area contributed by atoms with Gasteiger partial charge in [-0.25, -0.2) is 0 Å². The highest BCUT2D eigenvalue weighted by Gasteiger charge is 2.23. The highest BCUT2D eigenvalue weighted by Crippen LogP contribution is 2.38. The lowest BCUT2D eigenvalue weighted by Crippen LogP contribution is -2.45. The molecular formula is C72H139N2O6P. The van der Waals surface area contributed by atoms with Crippen LogP contribution in [0.2, 0.25) is 0 Å². The molecule has 0 aliphatic rings. The number of likely N-dealkylation sites (N-methyl/N-ethyl adjacent to an activating group) is 1. The second-order valence-corrected chi connectivity index (χ2v) is 27.0. The molecule has 8 nitrogen and oxygen atoms in total. The van der Waals surface area contributed by atoms with E-state index in [9.17, 15) is 19.4 Å². The molecule has 2 N–H and O–H groups in total. The van der Waals surface area contributed by atoms with Gasteiger partial charge in [0.1, 0.15) is 13.2 Å². The van der Waals surface area contributed by atoms with Crippen LogP contribution in [-0.2, 0) is 18.4 Å². The Bertz CT molecular complexity index is 1460. The van der Waals surface area contributed by atoms with Crippen LogP contribution in [-0.4, -0.2) is 68.5 Å². The first-order chi connectivity index (χ1) is 39.5. The number of aliphatic hydroxyl groups is 1. The van der Waals surface area contributed by atoms with Gasteiger partial charge >= 0.3 is 0 Å². The summed E-state index contributed by atoms with van der Waals surface area (Å²) in [6.45, 7) is 4.67. The molecule has 0 saturated heterocycles. The van der Waals surface area contributed by atoms with Gasteiger partial charge in [0, 0.05) is 6.42 Å². The number of phosphoric ester groups is 1. The Morgan fingerprint density at radius 2 is 0.728 bits per heavy atom. The molecule has 3 atom stereocenters. The minimum absolute atomic E-state index is 0.00484. The Labute approximate surface area is 505 Å². The van der Waals surface area contributed by atoms with E-state index in [1.54, 1.807) is 6.08 Å². The van der Waals surface area contributed by atoms with E-state index < -0.39 is 20.0 Å². The topological polar surface area (TPSA) is 108 Å². The maximum Gasteiger partial charge on any atom is 0.268 e. The van der Waals surface area contributed by atoms with E-state index in [0.717, 1.165) is 44.9 Å². The lowest BCUT2D eigenvalue weighted by atomic mass is 10.0. The molecule has 0 spiro atoms. The third kappa shape index (κ3) is 65.9. The molecule has 0 fully saturated rings. The second kappa shape index (κ2) is 63.0. The van der Waals surface area contributed by atoms with E-state index in [1.807, 2.05) is 27.2 Å². The van der Waals surface area contributed by atoms with Crippen LogP contribution in [0.4, 0.5) is 0 Å². The molecule has 0 aromatic carbocycles. The number of allylic oxidation sites excluding steroid dienone is 7. The summed E-state index contributed by atoms with van der Waals surface area (Å²) in [7, 11) is 1.26. The van der Waals surface area contributed by atoms with Crippen molar-refractivity contribution in [2.75, 3.05) is 40.9 Å². The van der Waals surface area contributed by atoms with Crippen LogP contribution in [0.25, 0.3) is 0 Å². The molecule has 0 rings (SSSR count). The molecule has 0 aromatic rings. The smallest absolute Gasteiger partial charge is 0.268 e. The van der Waals surface area contributed by atoms with E-state index in [0.29, 0.717) is 17.4 Å². The average molecular weight is 1160 g/mol. The summed E-state index contributed by atoms with van der Waals surface area (Å²) in [5.41, 5.74) is 0. The zero-order valence-corrected chi connectivity index (χ0v) is 55.6. The first-order valence-electron chi connectivity index (χ1n) is 35.5. The SMILES string of the molecule is CCCCCCC/C=C\C/C=C\CCCCCCCCCCCCCCCCCCCCCCCCCCCC(=O)NC(COP(=O)([O-])OCC[N+](C)(C)C)C(O)/C=C/CC/C=C/CCCCCCCCCCCCCCCCCC. The molecule has 0 saturated carbocycles. The molecule has 0 aliphatic heterocycles. The summed E-state index contributed by atoms with van der Waals surface area (Å²) in [5, 5.41) is 13.9. The zero-order valence-electron chi connectivity index (χ0n) is 54.8. The Morgan fingerprint density at radius 3 is 1.07 bits per heavy atom. The Balaban J connectivity index is 3.99. The van der Waals surface area contributed by atoms with Crippen LogP contribution in [0, 0.1) is 0 Å². The standard InChI is InChI=1S/C72H139N2O6P/c1-6-8-10-12-14-16-18-20-22-24-26-28-30-31-32-33-34-35-36-37-38-39-40-41-42-43-44-46-48-50-52-54-56-58-60-62-64-66-72(76)73-70(69-80-81(77,78)79-68-67-74(3,4)5)71(75)65-63-61-59-57-55-53-51-49-47-45-29-27-25-23-21-19-17-15-13-11-9-7-2/h18,20,24,26,55,57,63,65,70-71,75H,6-17,19,21-23,25,27-54,56,58-62,64,66-69H2,1-5H3,(H-,73,76,77,78)/b20-18-,26-24-,57-55+,65-63+. The van der Waals surface area contributed by atoms with Crippen LogP contribution < -0.4 is 10.2 Å². The average Bonchev–Trinajstić information content (AvgIpc) is 3.43. The third-order valence-corrected chi connectivity index (χ3v) is 17.2. The molecule has 81 heavy (non-hydrogen) atoms. The number of hydrogen-bond donors (Lipinski definition) is 2. The lowest BCUT2D eigenvalue weighted by molar-refractivity contribution is -0.870. The fourth-order valence-electron chi connectivity index (χ4n) is 10.7. The monoisotopic (exact) mass is 1160 g/mol. The molecule has 9 heteroatoms. The number of carbonyl (C=O) groups is 1. The van der Waals surface area contributed by atoms with E-state index in [-0.39, 0.29) is 19.1 Å². The molecule has 0 aromatic heterocycles. The molecule has 3 unspecified atom stereocenters. The molecule has 0 bridgehead atoms. The largest absolute Gasteiger partial charge is 0.756 e. The van der Waals surface area contributed by atoms with Crippen LogP contribution in [0.3, 0.4) is 0 Å². The normalized spacial score (nSPS) is 13.9. The van der Waals surface area contributed by atoms with E-state index in [2.05, 4.69) is 55.6 Å². The number of carbonyl (C=O) groups excluding carboxylic acids is 1. The van der Waals surface area contributed by atoms with Crippen LogP contribution in [0.1, 0.15) is 354 Å². The van der Waals surface area contributed by atoms with Gasteiger partial charge < -0.3 is 28.8 Å². The summed E-state index contributed by atoms with van der Waals surface area (Å²) in [5.74, 6) is -0.200. The maximum absolute atomic E-state index is 13.0. The minimum atomic E-state index is -4.61. The van der Waals surface area contributed by atoms with Crippen molar-refractivity contribution < 1.29 is 32.9 Å². The van der Waals surface area contributed by atoms with Crippen molar-refractivity contribution in [3.63, 3.8) is 0 Å². The second-order valence-electron chi connectivity index (χ2n) is 25.6. The van der Waals surface area contributed by atoms with Crippen LogP contribution in [0.15, 0.2) is 48.6 Å². The van der Waals surface area contributed by atoms with Gasteiger partial charge in [0.2, 0.25) is 5.91 Å². The number of amides is 1. The minimum Gasteiger partial charge on any atom is -0.756 e. The highest BCUT2D eigenvalue weighted by molar-refractivity contribution is 7.45. The summed E-state index contributed by atoms with van der Waals surface area (Å²) >= 11 is 0. The van der Waals surface area contributed by atoms with Crippen molar-refractivity contribution in [3.05, 3.63) is 48.6 Å². The number of aliphatic hydroxyl groups excluding tert-OH is 1. The number of unbranched alkanes of at least 4 members (excludes halogenated alkanes) is 47. The Morgan fingerprint density at radius 1 is 0.432 bits per heavy atom. The molecule has 0 aliphatic carbocycles. The number of nitrogens with zero attached hydrogens (tertiary/aromatic N) is 1. The number of hydrogen-bond acceptors (Lipinski definition) is 6. The quantitative estimate of drug-likeness (QED) is 0.0272. The van der Waals surface area contributed by atoms with Gasteiger partial charge in [-0.1, -0.05) is 332 Å². The van der Waals surface area contributed by atoms with Gasteiger partial charge in [0.05, 0.1) is 39.9 Å². The molecular weight excluding hydrogens is 1020 g/mol. The number of rotatable bonds is 66. The van der Waals surface area contributed by atoms with E-state index >= 15 is 0 Å². The Hall–Kier alpha value is -1.54. The lowest BCUT2D eigenvalue weighted by Gasteiger charge is -2.29. The van der Waals surface area contributed by atoms with E-state index in [4.69, 9.17) is 9.05 Å². The first-order valence-corrected chi connectivity index (χ1v) is 37.0. The predicted molar refractivity (Wildman–Crippen MR) is 353 cm³/mol. The molecule has 0 radical (unpaired) electrons. The number of quaternary nitrogens is 1. The maximum atomic E-state index is 13.0.